The molecule has 0 saturated heterocycles. The summed E-state index contributed by atoms with van der Waals surface area (Å²) in [6, 6.07) is 13.3. The van der Waals surface area contributed by atoms with Gasteiger partial charge in [-0.2, -0.15) is 13.2 Å². The van der Waals surface area contributed by atoms with Crippen LogP contribution in [0.25, 0.3) is 0 Å². The Morgan fingerprint density at radius 1 is 0.966 bits per heavy atom. The third kappa shape index (κ3) is 5.28. The quantitative estimate of drug-likeness (QED) is 0.688. The second-order valence-corrected chi connectivity index (χ2v) is 7.12. The molecule has 1 saturated carbocycles. The molecule has 29 heavy (non-hydrogen) atoms. The van der Waals surface area contributed by atoms with Gasteiger partial charge in [-0.1, -0.05) is 49.2 Å². The minimum Gasteiger partial charge on any atom is -0.334 e. The molecule has 0 atom stereocenters. The normalized spacial score (nSPS) is 15.6. The lowest BCUT2D eigenvalue weighted by Gasteiger charge is -2.29. The summed E-state index contributed by atoms with van der Waals surface area (Å²) in [7, 11) is 0. The maximum Gasteiger partial charge on any atom is 0.416 e. The number of rotatable bonds is 5. The van der Waals surface area contributed by atoms with Crippen molar-refractivity contribution in [3.05, 3.63) is 65.7 Å². The van der Waals surface area contributed by atoms with E-state index in [0.29, 0.717) is 19.4 Å². The molecule has 0 aromatic heterocycles. The van der Waals surface area contributed by atoms with Crippen LogP contribution in [0.3, 0.4) is 0 Å². The van der Waals surface area contributed by atoms with E-state index in [-0.39, 0.29) is 5.69 Å². The lowest BCUT2D eigenvalue weighted by atomic mass is 9.96. The van der Waals surface area contributed by atoms with Crippen LogP contribution in [0.5, 0.6) is 0 Å². The van der Waals surface area contributed by atoms with Crippen molar-refractivity contribution in [2.24, 2.45) is 0 Å². The largest absolute Gasteiger partial charge is 0.416 e. The SMILES string of the molecule is O=C(NCc1ccccc1)NC1(C(=O)Nc2cccc(C(F)(F)F)c2)CCCC1. The molecule has 3 amide bonds. The number of hydrogen-bond acceptors (Lipinski definition) is 2. The summed E-state index contributed by atoms with van der Waals surface area (Å²) in [5, 5.41) is 8.00. The Bertz CT molecular complexity index is 863. The van der Waals surface area contributed by atoms with Gasteiger partial charge in [-0.15, -0.1) is 0 Å². The molecule has 2 aromatic rings. The van der Waals surface area contributed by atoms with Crippen LogP contribution in [-0.2, 0) is 17.5 Å². The first-order valence-electron chi connectivity index (χ1n) is 9.37. The molecule has 0 unspecified atom stereocenters. The molecule has 0 spiro atoms. The fourth-order valence-electron chi connectivity index (χ4n) is 3.45. The zero-order valence-electron chi connectivity index (χ0n) is 15.7. The van der Waals surface area contributed by atoms with Gasteiger partial charge in [-0.3, -0.25) is 4.79 Å². The lowest BCUT2D eigenvalue weighted by molar-refractivity contribution is -0.137. The van der Waals surface area contributed by atoms with Gasteiger partial charge >= 0.3 is 12.2 Å². The number of anilines is 1. The van der Waals surface area contributed by atoms with Gasteiger partial charge in [0.25, 0.3) is 0 Å². The first-order valence-corrected chi connectivity index (χ1v) is 9.37. The average Bonchev–Trinajstić information content (AvgIpc) is 3.16. The maximum absolute atomic E-state index is 12.9. The predicted molar refractivity (Wildman–Crippen MR) is 103 cm³/mol. The lowest BCUT2D eigenvalue weighted by Crippen LogP contribution is -2.57. The topological polar surface area (TPSA) is 70.2 Å². The zero-order chi connectivity index (χ0) is 20.9. The van der Waals surface area contributed by atoms with Gasteiger partial charge in [0.15, 0.2) is 0 Å². The predicted octanol–water partition coefficient (Wildman–Crippen LogP) is 4.46. The number of amides is 3. The smallest absolute Gasteiger partial charge is 0.334 e. The van der Waals surface area contributed by atoms with Crippen molar-refractivity contribution < 1.29 is 22.8 Å². The van der Waals surface area contributed by atoms with E-state index in [1.54, 1.807) is 0 Å². The summed E-state index contributed by atoms with van der Waals surface area (Å²) < 4.78 is 38.7. The minimum atomic E-state index is -4.50. The van der Waals surface area contributed by atoms with Gasteiger partial charge in [-0.25, -0.2) is 4.79 Å². The zero-order valence-corrected chi connectivity index (χ0v) is 15.7. The van der Waals surface area contributed by atoms with Gasteiger partial charge in [-0.05, 0) is 36.6 Å². The summed E-state index contributed by atoms with van der Waals surface area (Å²) in [6.07, 6.45) is -2.15. The molecule has 0 aliphatic heterocycles. The minimum absolute atomic E-state index is 0.0441. The molecule has 1 aliphatic rings. The van der Waals surface area contributed by atoms with E-state index in [1.165, 1.54) is 12.1 Å². The third-order valence-corrected chi connectivity index (χ3v) is 4.99. The van der Waals surface area contributed by atoms with Crippen molar-refractivity contribution in [2.45, 2.75) is 43.9 Å². The first-order chi connectivity index (χ1) is 13.8. The molecular formula is C21H22F3N3O2. The van der Waals surface area contributed by atoms with Gasteiger partial charge < -0.3 is 16.0 Å². The van der Waals surface area contributed by atoms with Crippen molar-refractivity contribution >= 4 is 17.6 Å². The van der Waals surface area contributed by atoms with Crippen molar-refractivity contribution in [2.75, 3.05) is 5.32 Å². The molecule has 3 N–H and O–H groups in total. The number of carbonyl (C=O) groups excluding carboxylic acids is 2. The number of carbonyl (C=O) groups is 2. The Balaban J connectivity index is 1.66. The van der Waals surface area contributed by atoms with Crippen LogP contribution in [-0.4, -0.2) is 17.5 Å². The summed E-state index contributed by atoms with van der Waals surface area (Å²) in [5.41, 5.74) is -1.03. The number of benzene rings is 2. The van der Waals surface area contributed by atoms with E-state index in [2.05, 4.69) is 16.0 Å². The number of hydrogen-bond donors (Lipinski definition) is 3. The summed E-state index contributed by atoms with van der Waals surface area (Å²) in [4.78, 5) is 25.2. The first kappa shape index (κ1) is 20.7. The van der Waals surface area contributed by atoms with Crippen LogP contribution in [0, 0.1) is 0 Å². The fraction of sp³-hybridized carbons (Fsp3) is 0.333. The van der Waals surface area contributed by atoms with E-state index in [9.17, 15) is 22.8 Å². The Hall–Kier alpha value is -3.03. The second kappa shape index (κ2) is 8.55. The Labute approximate surface area is 166 Å². The summed E-state index contributed by atoms with van der Waals surface area (Å²) >= 11 is 0. The molecule has 5 nitrogen and oxygen atoms in total. The molecular weight excluding hydrogens is 383 g/mol. The molecule has 1 aliphatic carbocycles. The van der Waals surface area contributed by atoms with E-state index in [0.717, 1.165) is 30.5 Å². The highest BCUT2D eigenvalue weighted by Gasteiger charge is 2.42. The fourth-order valence-corrected chi connectivity index (χ4v) is 3.45. The van der Waals surface area contributed by atoms with Crippen molar-refractivity contribution in [1.29, 1.82) is 0 Å². The van der Waals surface area contributed by atoms with Crippen LogP contribution in [0.1, 0.15) is 36.8 Å². The molecule has 154 valence electrons. The van der Waals surface area contributed by atoms with Gasteiger partial charge in [0, 0.05) is 12.2 Å². The molecule has 1 fully saturated rings. The van der Waals surface area contributed by atoms with Crippen molar-refractivity contribution in [1.82, 2.24) is 10.6 Å². The van der Waals surface area contributed by atoms with Crippen LogP contribution in [0.15, 0.2) is 54.6 Å². The Morgan fingerprint density at radius 2 is 1.66 bits per heavy atom. The van der Waals surface area contributed by atoms with Crippen molar-refractivity contribution in [3.8, 4) is 0 Å². The van der Waals surface area contributed by atoms with E-state index >= 15 is 0 Å². The highest BCUT2D eigenvalue weighted by Crippen LogP contribution is 2.33. The summed E-state index contributed by atoms with van der Waals surface area (Å²) in [5.74, 6) is -0.510. The van der Waals surface area contributed by atoms with E-state index in [1.807, 2.05) is 30.3 Å². The number of urea groups is 1. The number of alkyl halides is 3. The van der Waals surface area contributed by atoms with Crippen molar-refractivity contribution in [3.63, 3.8) is 0 Å². The monoisotopic (exact) mass is 405 g/mol. The average molecular weight is 405 g/mol. The van der Waals surface area contributed by atoms with Gasteiger partial charge in [0.2, 0.25) is 5.91 Å². The molecule has 0 heterocycles. The van der Waals surface area contributed by atoms with Crippen LogP contribution < -0.4 is 16.0 Å². The second-order valence-electron chi connectivity index (χ2n) is 7.12. The third-order valence-electron chi connectivity index (χ3n) is 4.99. The molecule has 8 heteroatoms. The number of halogens is 3. The Morgan fingerprint density at radius 3 is 2.31 bits per heavy atom. The van der Waals surface area contributed by atoms with Crippen LogP contribution in [0.2, 0.25) is 0 Å². The number of nitrogens with one attached hydrogen (secondary N) is 3. The standard InChI is InChI=1S/C21H22F3N3O2/c22-21(23,24)16-9-6-10-17(13-16)26-18(28)20(11-4-5-12-20)27-19(29)25-14-15-7-2-1-3-8-15/h1-3,6-10,13H,4-5,11-12,14H2,(H,26,28)(H2,25,27,29). The molecule has 3 rings (SSSR count). The Kier molecular flexibility index (Phi) is 6.10. The molecule has 2 aromatic carbocycles. The highest BCUT2D eigenvalue weighted by atomic mass is 19.4. The molecule has 0 bridgehead atoms. The van der Waals surface area contributed by atoms with Gasteiger partial charge in [0.05, 0.1) is 5.56 Å². The van der Waals surface area contributed by atoms with Crippen LogP contribution in [0.4, 0.5) is 23.7 Å². The highest BCUT2D eigenvalue weighted by molar-refractivity contribution is 6.00. The summed E-state index contributed by atoms with van der Waals surface area (Å²) in [6.45, 7) is 0.304. The van der Waals surface area contributed by atoms with Crippen LogP contribution >= 0.6 is 0 Å². The molecule has 0 radical (unpaired) electrons. The van der Waals surface area contributed by atoms with E-state index in [4.69, 9.17) is 0 Å². The van der Waals surface area contributed by atoms with Gasteiger partial charge in [0.1, 0.15) is 5.54 Å². The van der Waals surface area contributed by atoms with E-state index < -0.39 is 29.2 Å². The maximum atomic E-state index is 12.9.